The van der Waals surface area contributed by atoms with Gasteiger partial charge in [-0.15, -0.1) is 0 Å². The van der Waals surface area contributed by atoms with Crippen molar-refractivity contribution in [2.45, 2.75) is 19.5 Å². The van der Waals surface area contributed by atoms with Gasteiger partial charge in [0.15, 0.2) is 0 Å². The number of benzene rings is 3. The predicted octanol–water partition coefficient (Wildman–Crippen LogP) is 5.68. The van der Waals surface area contributed by atoms with Gasteiger partial charge < -0.3 is 10.2 Å². The number of urea groups is 1. The Morgan fingerprint density at radius 3 is 2.54 bits per heavy atom. The zero-order valence-corrected chi connectivity index (χ0v) is 20.5. The van der Waals surface area contributed by atoms with Crippen LogP contribution in [0.2, 0.25) is 0 Å². The Morgan fingerprint density at radius 1 is 0.946 bits per heavy atom. The lowest BCUT2D eigenvalue weighted by atomic mass is 10.1. The summed E-state index contributed by atoms with van der Waals surface area (Å²) in [7, 11) is 0. The number of carbonyl (C=O) groups excluding carboxylic acids is 1. The lowest BCUT2D eigenvalue weighted by molar-refractivity contribution is 0.219. The molecule has 0 radical (unpaired) electrons. The van der Waals surface area contributed by atoms with Gasteiger partial charge in [-0.3, -0.25) is 9.47 Å². The fourth-order valence-corrected chi connectivity index (χ4v) is 4.70. The SMILES string of the molecule is C[C@H](Nc1nccc(-n2cnc3cc(N4CCN(Cc5ccccc5)C4=O)ccc32)n1)c1ccccc1.[HH]. The number of hydrogen-bond acceptors (Lipinski definition) is 5. The highest BCUT2D eigenvalue weighted by Crippen LogP contribution is 2.27. The summed E-state index contributed by atoms with van der Waals surface area (Å²) < 4.78 is 1.94. The third-order valence-corrected chi connectivity index (χ3v) is 6.69. The van der Waals surface area contributed by atoms with Crippen molar-refractivity contribution in [2.24, 2.45) is 0 Å². The van der Waals surface area contributed by atoms with Crippen LogP contribution in [0.4, 0.5) is 16.4 Å². The number of nitrogens with one attached hydrogen (secondary N) is 1. The molecule has 2 amide bonds. The van der Waals surface area contributed by atoms with Crippen molar-refractivity contribution in [3.63, 3.8) is 0 Å². The molecule has 2 aromatic heterocycles. The Kier molecular flexibility index (Phi) is 5.98. The molecule has 37 heavy (non-hydrogen) atoms. The van der Waals surface area contributed by atoms with Gasteiger partial charge in [0.25, 0.3) is 0 Å². The van der Waals surface area contributed by atoms with Crippen LogP contribution in [-0.2, 0) is 6.54 Å². The Hall–Kier alpha value is -4.72. The first-order chi connectivity index (χ1) is 18.2. The summed E-state index contributed by atoms with van der Waals surface area (Å²) in [5.74, 6) is 1.27. The van der Waals surface area contributed by atoms with Crippen LogP contribution in [0.3, 0.4) is 0 Å². The number of carbonyl (C=O) groups is 1. The first-order valence-corrected chi connectivity index (χ1v) is 12.4. The van der Waals surface area contributed by atoms with Gasteiger partial charge in [0.2, 0.25) is 5.95 Å². The Bertz CT molecular complexity index is 1540. The van der Waals surface area contributed by atoms with E-state index >= 15 is 0 Å². The standard InChI is InChI=1S/C29H27N7O.H2/c1-21(23-10-6-3-7-11-23)32-28-30-15-14-27(33-28)36-20-31-25-18-24(12-13-26(25)36)35-17-16-34(29(35)37)19-22-8-4-2-5-9-22;/h2-15,18,20-21H,16-17,19H2,1H3,(H,30,32,33);1H/t21-;/m0./s1. The number of fused-ring (bicyclic) bond motifs is 1. The van der Waals surface area contributed by atoms with E-state index in [1.54, 1.807) is 12.5 Å². The number of anilines is 2. The van der Waals surface area contributed by atoms with E-state index in [1.165, 1.54) is 0 Å². The Labute approximate surface area is 216 Å². The second-order valence-corrected chi connectivity index (χ2v) is 9.14. The molecule has 3 aromatic carbocycles. The third-order valence-electron chi connectivity index (χ3n) is 6.69. The third kappa shape index (κ3) is 4.61. The average Bonchev–Trinajstić information content (AvgIpc) is 3.53. The molecule has 5 aromatic rings. The van der Waals surface area contributed by atoms with Gasteiger partial charge in [-0.2, -0.15) is 4.98 Å². The fourth-order valence-electron chi connectivity index (χ4n) is 4.70. The molecular weight excluding hydrogens is 462 g/mol. The lowest BCUT2D eigenvalue weighted by Crippen LogP contribution is -2.31. The normalized spacial score (nSPS) is 14.4. The van der Waals surface area contributed by atoms with E-state index < -0.39 is 0 Å². The molecule has 0 bridgehead atoms. The van der Waals surface area contributed by atoms with E-state index in [1.807, 2.05) is 87.2 Å². The lowest BCUT2D eigenvalue weighted by Gasteiger charge is -2.19. The maximum absolute atomic E-state index is 13.1. The Morgan fingerprint density at radius 2 is 1.73 bits per heavy atom. The van der Waals surface area contributed by atoms with E-state index in [2.05, 4.69) is 34.3 Å². The van der Waals surface area contributed by atoms with Crippen molar-refractivity contribution in [3.8, 4) is 5.82 Å². The van der Waals surface area contributed by atoms with Gasteiger partial charge in [0.1, 0.15) is 12.1 Å². The van der Waals surface area contributed by atoms with Crippen LogP contribution in [0.25, 0.3) is 16.9 Å². The van der Waals surface area contributed by atoms with E-state index in [0.29, 0.717) is 25.6 Å². The molecule has 186 valence electrons. The molecule has 1 atom stereocenters. The number of aromatic nitrogens is 4. The second kappa shape index (κ2) is 9.73. The molecule has 1 aliphatic rings. The average molecular weight is 492 g/mol. The second-order valence-electron chi connectivity index (χ2n) is 9.14. The molecule has 0 aliphatic carbocycles. The predicted molar refractivity (Wildman–Crippen MR) is 147 cm³/mol. The quantitative estimate of drug-likeness (QED) is 0.317. The summed E-state index contributed by atoms with van der Waals surface area (Å²) in [6, 6.07) is 28.2. The molecule has 0 saturated carbocycles. The highest BCUT2D eigenvalue weighted by atomic mass is 16.2. The largest absolute Gasteiger partial charge is 0.348 e. The monoisotopic (exact) mass is 491 g/mol. The number of rotatable bonds is 7. The summed E-state index contributed by atoms with van der Waals surface area (Å²) in [6.07, 6.45) is 3.50. The molecule has 1 N–H and O–H groups in total. The highest BCUT2D eigenvalue weighted by molar-refractivity contribution is 5.96. The molecule has 6 rings (SSSR count). The van der Waals surface area contributed by atoms with Crippen LogP contribution in [0.5, 0.6) is 0 Å². The molecule has 0 unspecified atom stereocenters. The number of hydrogen-bond donors (Lipinski definition) is 1. The number of imidazole rings is 1. The van der Waals surface area contributed by atoms with Gasteiger partial charge in [0, 0.05) is 32.9 Å². The van der Waals surface area contributed by atoms with Gasteiger partial charge >= 0.3 is 6.03 Å². The van der Waals surface area contributed by atoms with Gasteiger partial charge in [0.05, 0.1) is 17.1 Å². The van der Waals surface area contributed by atoms with Crippen molar-refractivity contribution < 1.29 is 6.22 Å². The Balaban J connectivity index is 0.00000294. The van der Waals surface area contributed by atoms with Crippen molar-refractivity contribution >= 4 is 28.7 Å². The summed E-state index contributed by atoms with van der Waals surface area (Å²) in [6.45, 7) is 4.04. The topological polar surface area (TPSA) is 79.2 Å². The number of amides is 2. The molecule has 0 spiro atoms. The van der Waals surface area contributed by atoms with Gasteiger partial charge in [-0.1, -0.05) is 60.7 Å². The minimum atomic E-state index is 0. The number of nitrogens with zero attached hydrogens (tertiary/aromatic N) is 6. The fraction of sp³-hybridized carbons (Fsp3) is 0.172. The van der Waals surface area contributed by atoms with Crippen molar-refractivity contribution in [2.75, 3.05) is 23.3 Å². The van der Waals surface area contributed by atoms with Gasteiger partial charge in [-0.05, 0) is 42.3 Å². The van der Waals surface area contributed by atoms with E-state index in [4.69, 9.17) is 4.98 Å². The maximum Gasteiger partial charge on any atom is 0.324 e. The van der Waals surface area contributed by atoms with E-state index in [0.717, 1.165) is 33.7 Å². The van der Waals surface area contributed by atoms with Crippen molar-refractivity contribution in [1.82, 2.24) is 24.4 Å². The molecule has 8 heteroatoms. The summed E-state index contributed by atoms with van der Waals surface area (Å²) >= 11 is 0. The van der Waals surface area contributed by atoms with Crippen LogP contribution < -0.4 is 10.2 Å². The molecule has 3 heterocycles. The minimum absolute atomic E-state index is 0. The zero-order valence-electron chi connectivity index (χ0n) is 20.5. The molecular formula is C29H29N7O. The van der Waals surface area contributed by atoms with Crippen LogP contribution in [-0.4, -0.2) is 43.5 Å². The van der Waals surface area contributed by atoms with Gasteiger partial charge in [-0.25, -0.2) is 14.8 Å². The van der Waals surface area contributed by atoms with Crippen molar-refractivity contribution in [1.29, 1.82) is 0 Å². The molecule has 1 fully saturated rings. The van der Waals surface area contributed by atoms with Crippen LogP contribution in [0, 0.1) is 0 Å². The first kappa shape index (κ1) is 22.7. The van der Waals surface area contributed by atoms with Crippen LogP contribution in [0.15, 0.2) is 97.5 Å². The minimum Gasteiger partial charge on any atom is -0.348 e. The molecule has 1 aliphatic heterocycles. The van der Waals surface area contributed by atoms with E-state index in [-0.39, 0.29) is 13.5 Å². The van der Waals surface area contributed by atoms with Crippen LogP contribution >= 0.6 is 0 Å². The summed E-state index contributed by atoms with van der Waals surface area (Å²) in [4.78, 5) is 30.5. The zero-order chi connectivity index (χ0) is 25.2. The summed E-state index contributed by atoms with van der Waals surface area (Å²) in [5, 5.41) is 3.38. The first-order valence-electron chi connectivity index (χ1n) is 12.4. The molecule has 1 saturated heterocycles. The smallest absolute Gasteiger partial charge is 0.324 e. The van der Waals surface area contributed by atoms with E-state index in [9.17, 15) is 4.79 Å². The maximum atomic E-state index is 13.1. The van der Waals surface area contributed by atoms with Crippen molar-refractivity contribution in [3.05, 3.63) is 109 Å². The highest BCUT2D eigenvalue weighted by Gasteiger charge is 2.29. The summed E-state index contributed by atoms with van der Waals surface area (Å²) in [5.41, 5.74) is 4.86. The molecule has 8 nitrogen and oxygen atoms in total. The van der Waals surface area contributed by atoms with Crippen LogP contribution in [0.1, 0.15) is 25.5 Å².